The molecule has 0 amide bonds. The molecule has 0 aliphatic carbocycles. The molecule has 0 bridgehead atoms. The van der Waals surface area contributed by atoms with Crippen LogP contribution < -0.4 is 3.58 Å². The molecule has 0 saturated heterocycles. The third-order valence-corrected chi connectivity index (χ3v) is 8.34. The van der Waals surface area contributed by atoms with E-state index < -0.39 is 18.4 Å². The molecule has 0 spiro atoms. The van der Waals surface area contributed by atoms with Crippen LogP contribution in [0.5, 0.6) is 0 Å². The fraction of sp³-hybridized carbons (Fsp3) is 0.250. The Morgan fingerprint density at radius 3 is 2.50 bits per heavy atom. The fourth-order valence-electron chi connectivity index (χ4n) is 1.55. The van der Waals surface area contributed by atoms with Gasteiger partial charge in [0.15, 0.2) is 0 Å². The van der Waals surface area contributed by atoms with Gasteiger partial charge in [-0.25, -0.2) is 0 Å². The van der Waals surface area contributed by atoms with Crippen LogP contribution in [0.2, 0.25) is 14.8 Å². The minimum absolute atomic E-state index is 1.27. The Morgan fingerprint density at radius 2 is 1.79 bits per heavy atom. The van der Waals surface area contributed by atoms with Crippen LogP contribution in [0.25, 0.3) is 10.8 Å². The first-order chi connectivity index (χ1) is 6.57. The predicted octanol–water partition coefficient (Wildman–Crippen LogP) is 2.78. The zero-order chi connectivity index (χ0) is 10.2. The molecule has 1 aromatic carbocycles. The van der Waals surface area contributed by atoms with Gasteiger partial charge in [0.05, 0.1) is 0 Å². The third-order valence-electron chi connectivity index (χ3n) is 2.51. The number of aromatic nitrogens is 1. The first-order valence-corrected chi connectivity index (χ1v) is 14.9. The summed E-state index contributed by atoms with van der Waals surface area (Å²) in [5.41, 5.74) is 0. The van der Waals surface area contributed by atoms with E-state index in [0.717, 1.165) is 0 Å². The van der Waals surface area contributed by atoms with Gasteiger partial charge in [-0.2, -0.15) is 0 Å². The van der Waals surface area contributed by atoms with Crippen molar-refractivity contribution in [3.05, 3.63) is 36.7 Å². The van der Waals surface area contributed by atoms with Crippen molar-refractivity contribution in [3.63, 3.8) is 0 Å². The van der Waals surface area contributed by atoms with Crippen molar-refractivity contribution in [1.29, 1.82) is 0 Å². The summed E-state index contributed by atoms with van der Waals surface area (Å²) in [6, 6.07) is 8.89. The monoisotopic (exact) mass is 293 g/mol. The Hall–Kier alpha value is -0.571. The molecule has 14 heavy (non-hydrogen) atoms. The average Bonchev–Trinajstić information content (AvgIpc) is 2.16. The van der Waals surface area contributed by atoms with Crippen LogP contribution in [0.1, 0.15) is 0 Å². The maximum absolute atomic E-state index is 4.16. The number of pyridine rings is 1. The van der Waals surface area contributed by atoms with E-state index in [9.17, 15) is 0 Å². The van der Waals surface area contributed by atoms with Crippen LogP contribution >= 0.6 is 0 Å². The van der Waals surface area contributed by atoms with Gasteiger partial charge in [-0.15, -0.1) is 0 Å². The molecule has 1 heterocycles. The second kappa shape index (κ2) is 3.54. The molecule has 0 atom stereocenters. The Labute approximate surface area is 89.0 Å². The predicted molar refractivity (Wildman–Crippen MR) is 64.7 cm³/mol. The van der Waals surface area contributed by atoms with E-state index in [2.05, 4.69) is 44.1 Å². The van der Waals surface area contributed by atoms with Crippen LogP contribution in [-0.2, 0) is 0 Å². The molecule has 0 N–H and O–H groups in total. The number of benzene rings is 1. The molecule has 1 nitrogen and oxygen atoms in total. The van der Waals surface area contributed by atoms with Crippen molar-refractivity contribution >= 4 is 32.7 Å². The molecule has 1 aromatic heterocycles. The Balaban J connectivity index is 2.63. The molecule has 2 rings (SSSR count). The SMILES string of the molecule is [CH3][Sn]([CH3])([CH3])[c]1ccc2ccncc2c1. The normalized spacial score (nSPS) is 11.9. The molecule has 0 radical (unpaired) electrons. The van der Waals surface area contributed by atoms with E-state index in [-0.39, 0.29) is 0 Å². The number of rotatable bonds is 1. The molecular formula is C12H15NSn. The van der Waals surface area contributed by atoms with Crippen LogP contribution in [0, 0.1) is 0 Å². The minimum atomic E-state index is -1.89. The Bertz CT molecular complexity index is 457. The summed E-state index contributed by atoms with van der Waals surface area (Å²) < 4.78 is 1.57. The van der Waals surface area contributed by atoms with E-state index in [0.29, 0.717) is 0 Å². The maximum atomic E-state index is 4.16. The zero-order valence-corrected chi connectivity index (χ0v) is 11.8. The quantitative estimate of drug-likeness (QED) is 0.736. The first-order valence-electron chi connectivity index (χ1n) is 4.92. The summed E-state index contributed by atoms with van der Waals surface area (Å²) >= 11 is -1.89. The third kappa shape index (κ3) is 1.92. The van der Waals surface area contributed by atoms with Crippen LogP contribution in [0.15, 0.2) is 36.7 Å². The van der Waals surface area contributed by atoms with Crippen molar-refractivity contribution < 1.29 is 0 Å². The molecule has 0 aliphatic heterocycles. The molecular weight excluding hydrogens is 277 g/mol. The number of hydrogen-bond acceptors (Lipinski definition) is 1. The van der Waals surface area contributed by atoms with E-state index in [4.69, 9.17) is 0 Å². The van der Waals surface area contributed by atoms with Gasteiger partial charge in [-0.3, -0.25) is 0 Å². The standard InChI is InChI=1S/C9H6N.3CH3.Sn/c1-2-4-9-7-10-6-5-8(9)3-1;;;;/h1,3-7H;3*1H3;. The molecule has 0 saturated carbocycles. The van der Waals surface area contributed by atoms with E-state index >= 15 is 0 Å². The van der Waals surface area contributed by atoms with Crippen molar-refractivity contribution in [1.82, 2.24) is 4.98 Å². The summed E-state index contributed by atoms with van der Waals surface area (Å²) in [7, 11) is 0. The first kappa shape index (κ1) is 9.96. The van der Waals surface area contributed by atoms with Gasteiger partial charge in [0.2, 0.25) is 0 Å². The second-order valence-corrected chi connectivity index (χ2v) is 19.2. The number of fused-ring (bicyclic) bond motifs is 1. The summed E-state index contributed by atoms with van der Waals surface area (Å²) in [5, 5.41) is 2.57. The summed E-state index contributed by atoms with van der Waals surface area (Å²) in [6.45, 7) is 0. The Morgan fingerprint density at radius 1 is 1.00 bits per heavy atom. The Kier molecular flexibility index (Phi) is 2.52. The molecule has 72 valence electrons. The van der Waals surface area contributed by atoms with Crippen LogP contribution in [-0.4, -0.2) is 23.4 Å². The number of hydrogen-bond donors (Lipinski definition) is 0. The zero-order valence-electron chi connectivity index (χ0n) is 8.91. The van der Waals surface area contributed by atoms with Crippen molar-refractivity contribution in [2.75, 3.05) is 0 Å². The van der Waals surface area contributed by atoms with Gasteiger partial charge in [0.1, 0.15) is 0 Å². The van der Waals surface area contributed by atoms with Crippen LogP contribution in [0.3, 0.4) is 0 Å². The summed E-state index contributed by atoms with van der Waals surface area (Å²) in [6.07, 6.45) is 3.80. The summed E-state index contributed by atoms with van der Waals surface area (Å²) in [4.78, 5) is 11.5. The second-order valence-electron chi connectivity index (χ2n) is 4.69. The van der Waals surface area contributed by atoms with Crippen molar-refractivity contribution in [2.45, 2.75) is 14.8 Å². The fourth-order valence-corrected chi connectivity index (χ4v) is 4.90. The summed E-state index contributed by atoms with van der Waals surface area (Å²) in [5.74, 6) is 0. The van der Waals surface area contributed by atoms with Gasteiger partial charge in [0.25, 0.3) is 0 Å². The van der Waals surface area contributed by atoms with Crippen LogP contribution in [0.4, 0.5) is 0 Å². The van der Waals surface area contributed by atoms with E-state index in [1.54, 1.807) is 3.58 Å². The number of nitrogens with zero attached hydrogens (tertiary/aromatic N) is 1. The van der Waals surface area contributed by atoms with E-state index in [1.807, 2.05) is 12.4 Å². The van der Waals surface area contributed by atoms with Gasteiger partial charge in [-0.1, -0.05) is 0 Å². The molecule has 0 unspecified atom stereocenters. The van der Waals surface area contributed by atoms with Gasteiger partial charge in [0, 0.05) is 0 Å². The molecule has 0 fully saturated rings. The topological polar surface area (TPSA) is 12.9 Å². The molecule has 0 aliphatic rings. The molecule has 2 heteroatoms. The van der Waals surface area contributed by atoms with Gasteiger partial charge in [-0.05, 0) is 0 Å². The van der Waals surface area contributed by atoms with Gasteiger partial charge < -0.3 is 0 Å². The van der Waals surface area contributed by atoms with Crippen molar-refractivity contribution in [3.8, 4) is 0 Å². The molecule has 2 aromatic rings. The van der Waals surface area contributed by atoms with Crippen molar-refractivity contribution in [2.24, 2.45) is 0 Å². The average molecular weight is 292 g/mol. The van der Waals surface area contributed by atoms with E-state index in [1.165, 1.54) is 10.8 Å². The van der Waals surface area contributed by atoms with Gasteiger partial charge >= 0.3 is 89.2 Å².